The Hall–Kier alpha value is -2.16. The molecule has 7 heteroatoms. The molecular weight excluding hydrogens is 406 g/mol. The molecule has 0 aliphatic carbocycles. The number of hydrogen-bond acceptors (Lipinski definition) is 7. The third-order valence-electron chi connectivity index (χ3n) is 6.30. The molecule has 2 aliphatic rings. The zero-order chi connectivity index (χ0) is 21.3. The van der Waals surface area contributed by atoms with Gasteiger partial charge in [0.25, 0.3) is 0 Å². The van der Waals surface area contributed by atoms with E-state index in [2.05, 4.69) is 39.5 Å². The summed E-state index contributed by atoms with van der Waals surface area (Å²) in [6.45, 7) is 4.06. The van der Waals surface area contributed by atoms with Crippen molar-refractivity contribution in [1.82, 2.24) is 15.2 Å². The Bertz CT molecular complexity index is 1030. The molecule has 0 amide bonds. The summed E-state index contributed by atoms with van der Waals surface area (Å²) >= 11 is 1.65. The van der Waals surface area contributed by atoms with Gasteiger partial charge in [-0.05, 0) is 61.3 Å². The topological polar surface area (TPSA) is 89.4 Å². The summed E-state index contributed by atoms with van der Waals surface area (Å²) in [7, 11) is 0. The second kappa shape index (κ2) is 8.76. The lowest BCUT2D eigenvalue weighted by Crippen LogP contribution is -2.48. The van der Waals surface area contributed by atoms with E-state index in [9.17, 15) is 0 Å². The lowest BCUT2D eigenvalue weighted by molar-refractivity contribution is 0.237. The number of nitrogens with one attached hydrogen (secondary N) is 1. The van der Waals surface area contributed by atoms with Crippen molar-refractivity contribution in [3.63, 3.8) is 0 Å². The Labute approximate surface area is 187 Å². The third-order valence-corrected chi connectivity index (χ3v) is 7.77. The Balaban J connectivity index is 1.45. The van der Waals surface area contributed by atoms with Crippen molar-refractivity contribution in [1.29, 1.82) is 0 Å². The molecule has 31 heavy (non-hydrogen) atoms. The van der Waals surface area contributed by atoms with E-state index in [1.807, 2.05) is 36.5 Å². The number of thioether (sulfide) groups is 1. The molecular formula is C24H29N5OS. The number of pyridine rings is 1. The summed E-state index contributed by atoms with van der Waals surface area (Å²) < 4.78 is 5.49. The van der Waals surface area contributed by atoms with Gasteiger partial charge in [0.15, 0.2) is 0 Å². The van der Waals surface area contributed by atoms with Gasteiger partial charge in [-0.15, -0.1) is 11.8 Å². The van der Waals surface area contributed by atoms with E-state index < -0.39 is 4.75 Å². The molecule has 3 unspecified atom stereocenters. The summed E-state index contributed by atoms with van der Waals surface area (Å²) in [5.41, 5.74) is 15.9. The lowest BCUT2D eigenvalue weighted by atomic mass is 9.85. The number of likely N-dealkylation sites (tertiary alicyclic amines) is 1. The second-order valence-electron chi connectivity index (χ2n) is 8.22. The number of nitrogens with two attached hydrogens (primary N) is 2. The molecule has 3 aromatic rings. The molecule has 6 nitrogen and oxygen atoms in total. The minimum atomic E-state index is -0.518. The summed E-state index contributed by atoms with van der Waals surface area (Å²) in [6, 6.07) is 18.6. The highest BCUT2D eigenvalue weighted by atomic mass is 32.2. The molecule has 2 aromatic carbocycles. The minimum Gasteiger partial charge on any atom is -0.492 e. The number of aromatic nitrogens is 1. The molecule has 2 aliphatic heterocycles. The van der Waals surface area contributed by atoms with Gasteiger partial charge in [-0.1, -0.05) is 30.3 Å². The van der Waals surface area contributed by atoms with Crippen LogP contribution < -0.4 is 21.5 Å². The normalized spacial score (nSPS) is 26.5. The summed E-state index contributed by atoms with van der Waals surface area (Å²) in [5, 5.41) is 4.40. The van der Waals surface area contributed by atoms with Crippen molar-refractivity contribution in [2.75, 3.05) is 26.2 Å². The van der Waals surface area contributed by atoms with Crippen molar-refractivity contribution in [3.8, 4) is 5.75 Å². The van der Waals surface area contributed by atoms with Crippen LogP contribution in [0.25, 0.3) is 10.9 Å². The van der Waals surface area contributed by atoms with Gasteiger partial charge in [0.05, 0.1) is 16.4 Å². The van der Waals surface area contributed by atoms with Crippen LogP contribution in [0.3, 0.4) is 0 Å². The highest BCUT2D eigenvalue weighted by Gasteiger charge is 2.49. The molecule has 0 bridgehead atoms. The molecule has 0 spiro atoms. The van der Waals surface area contributed by atoms with Crippen molar-refractivity contribution in [3.05, 3.63) is 71.9 Å². The van der Waals surface area contributed by atoms with Gasteiger partial charge in [0.2, 0.25) is 0 Å². The highest BCUT2D eigenvalue weighted by molar-refractivity contribution is 8.01. The molecule has 5 N–H and O–H groups in total. The van der Waals surface area contributed by atoms with Crippen LogP contribution in [0.15, 0.2) is 60.8 Å². The van der Waals surface area contributed by atoms with E-state index in [-0.39, 0.29) is 11.7 Å². The standard InChI is InChI=1S/C24H29N5OS/c25-22-24(31-23(26)28-22,20-11-12-27-21-6-2-1-5-19(20)21)17-7-9-18(10-8-17)30-16-15-29-13-3-4-14-29/h1-2,5-12,22-23,28H,3-4,13-16,25-26H2. The maximum Gasteiger partial charge on any atom is 0.119 e. The van der Waals surface area contributed by atoms with Gasteiger partial charge in [-0.25, -0.2) is 0 Å². The van der Waals surface area contributed by atoms with Crippen LogP contribution >= 0.6 is 11.8 Å². The Morgan fingerprint density at radius 1 is 1.06 bits per heavy atom. The Kier molecular flexibility index (Phi) is 5.86. The number of rotatable bonds is 6. The largest absolute Gasteiger partial charge is 0.492 e. The number of benzene rings is 2. The summed E-state index contributed by atoms with van der Waals surface area (Å²) in [6.07, 6.45) is 4.12. The van der Waals surface area contributed by atoms with Crippen molar-refractivity contribution >= 4 is 22.7 Å². The fraction of sp³-hybridized carbons (Fsp3) is 0.375. The Morgan fingerprint density at radius 3 is 2.58 bits per heavy atom. The van der Waals surface area contributed by atoms with E-state index in [0.29, 0.717) is 6.61 Å². The molecule has 162 valence electrons. The monoisotopic (exact) mass is 435 g/mol. The number of hydrogen-bond donors (Lipinski definition) is 3. The van der Waals surface area contributed by atoms with Crippen LogP contribution in [0.1, 0.15) is 24.0 Å². The van der Waals surface area contributed by atoms with Crippen molar-refractivity contribution in [2.24, 2.45) is 11.5 Å². The van der Waals surface area contributed by atoms with Gasteiger partial charge in [0.1, 0.15) is 17.9 Å². The quantitative estimate of drug-likeness (QED) is 0.549. The van der Waals surface area contributed by atoms with Crippen LogP contribution in [0.2, 0.25) is 0 Å². The molecule has 0 saturated carbocycles. The fourth-order valence-corrected chi connectivity index (χ4v) is 6.16. The third kappa shape index (κ3) is 3.92. The zero-order valence-corrected chi connectivity index (χ0v) is 18.4. The number of fused-ring (bicyclic) bond motifs is 1. The lowest BCUT2D eigenvalue weighted by Gasteiger charge is -2.34. The summed E-state index contributed by atoms with van der Waals surface area (Å²) in [5.74, 6) is 0.881. The van der Waals surface area contributed by atoms with E-state index >= 15 is 0 Å². The highest BCUT2D eigenvalue weighted by Crippen LogP contribution is 2.50. The predicted molar refractivity (Wildman–Crippen MR) is 127 cm³/mol. The van der Waals surface area contributed by atoms with Crippen LogP contribution in [0, 0.1) is 0 Å². The average Bonchev–Trinajstić information content (AvgIpc) is 3.41. The maximum atomic E-state index is 6.68. The first-order valence-electron chi connectivity index (χ1n) is 10.9. The molecule has 2 fully saturated rings. The van der Waals surface area contributed by atoms with Crippen molar-refractivity contribution in [2.45, 2.75) is 29.3 Å². The predicted octanol–water partition coefficient (Wildman–Crippen LogP) is 2.82. The first-order valence-corrected chi connectivity index (χ1v) is 11.8. The smallest absolute Gasteiger partial charge is 0.119 e. The zero-order valence-electron chi connectivity index (χ0n) is 17.5. The van der Waals surface area contributed by atoms with Crippen LogP contribution in [-0.2, 0) is 4.75 Å². The van der Waals surface area contributed by atoms with Gasteiger partial charge in [-0.3, -0.25) is 15.2 Å². The summed E-state index contributed by atoms with van der Waals surface area (Å²) in [4.78, 5) is 6.99. The first-order chi connectivity index (χ1) is 15.2. The van der Waals surface area contributed by atoms with Gasteiger partial charge in [0, 0.05) is 18.1 Å². The van der Waals surface area contributed by atoms with E-state index in [1.165, 1.54) is 25.9 Å². The molecule has 1 aromatic heterocycles. The number of ether oxygens (including phenoxy) is 1. The van der Waals surface area contributed by atoms with E-state index in [4.69, 9.17) is 16.2 Å². The molecule has 2 saturated heterocycles. The van der Waals surface area contributed by atoms with Crippen LogP contribution in [0.5, 0.6) is 5.75 Å². The molecule has 3 heterocycles. The van der Waals surface area contributed by atoms with Crippen LogP contribution in [-0.4, -0.2) is 47.8 Å². The number of para-hydroxylation sites is 1. The Morgan fingerprint density at radius 2 is 1.84 bits per heavy atom. The second-order valence-corrected chi connectivity index (χ2v) is 9.60. The molecule has 3 atom stereocenters. The first kappa shape index (κ1) is 20.7. The fourth-order valence-electron chi connectivity index (χ4n) is 4.75. The van der Waals surface area contributed by atoms with Crippen molar-refractivity contribution < 1.29 is 4.74 Å². The SMILES string of the molecule is NC1NC(N)C(c2ccc(OCCN3CCCC3)cc2)(c2ccnc3ccccc23)S1. The number of nitrogens with zero attached hydrogens (tertiary/aromatic N) is 2. The molecule has 0 radical (unpaired) electrons. The van der Waals surface area contributed by atoms with E-state index in [0.717, 1.165) is 34.3 Å². The van der Waals surface area contributed by atoms with Gasteiger partial charge < -0.3 is 16.2 Å². The maximum absolute atomic E-state index is 6.68. The minimum absolute atomic E-state index is 0.252. The van der Waals surface area contributed by atoms with Crippen LogP contribution in [0.4, 0.5) is 0 Å². The van der Waals surface area contributed by atoms with E-state index in [1.54, 1.807) is 11.8 Å². The van der Waals surface area contributed by atoms with Gasteiger partial charge in [-0.2, -0.15) is 0 Å². The molecule has 5 rings (SSSR count). The average molecular weight is 436 g/mol. The van der Waals surface area contributed by atoms with Gasteiger partial charge >= 0.3 is 0 Å².